The van der Waals surface area contributed by atoms with E-state index in [4.69, 9.17) is 0 Å². The van der Waals surface area contributed by atoms with E-state index >= 15 is 0 Å². The Morgan fingerprint density at radius 2 is 1.40 bits per heavy atom. The van der Waals surface area contributed by atoms with E-state index < -0.39 is 0 Å². The SMILES string of the molecule is C[N+]12CCN(CC1)CC2.[F-]. The Hall–Kier alpha value is -0.150. The van der Waals surface area contributed by atoms with E-state index in [0.717, 1.165) is 0 Å². The predicted molar refractivity (Wildman–Crippen MR) is 37.2 cm³/mol. The summed E-state index contributed by atoms with van der Waals surface area (Å²) in [6.07, 6.45) is 0. The zero-order valence-corrected chi connectivity index (χ0v) is 6.52. The van der Waals surface area contributed by atoms with Gasteiger partial charge in [-0.05, 0) is 0 Å². The molecule has 0 aromatic rings. The standard InChI is InChI=1S/C7H15N2.FH/c1-9-5-2-8(3-6-9)4-7-9;/h2-7H2,1H3;1H/q+1;/p-1. The quantitative estimate of drug-likeness (QED) is 0.325. The minimum atomic E-state index is 0. The molecular weight excluding hydrogens is 131 g/mol. The molecule has 3 aliphatic rings. The number of halogens is 1. The molecule has 0 radical (unpaired) electrons. The van der Waals surface area contributed by atoms with Gasteiger partial charge in [0, 0.05) is 19.6 Å². The number of hydrogen-bond donors (Lipinski definition) is 0. The van der Waals surface area contributed by atoms with Gasteiger partial charge in [-0.15, -0.1) is 0 Å². The van der Waals surface area contributed by atoms with Crippen LogP contribution in [-0.4, -0.2) is 55.7 Å². The smallest absolute Gasteiger partial charge is 0.0914 e. The van der Waals surface area contributed by atoms with Crippen LogP contribution in [0.4, 0.5) is 0 Å². The molecule has 3 heterocycles. The molecule has 3 fully saturated rings. The summed E-state index contributed by atoms with van der Waals surface area (Å²) in [5, 5.41) is 0. The molecule has 60 valence electrons. The highest BCUT2D eigenvalue weighted by molar-refractivity contribution is 4.68. The Morgan fingerprint density at radius 1 is 1.00 bits per heavy atom. The van der Waals surface area contributed by atoms with Crippen molar-refractivity contribution in [3.8, 4) is 0 Å². The Bertz CT molecular complexity index is 105. The molecule has 0 aromatic heterocycles. The molecule has 2 bridgehead atoms. The molecule has 0 N–H and O–H groups in total. The van der Waals surface area contributed by atoms with Crippen molar-refractivity contribution in [3.05, 3.63) is 0 Å². The maximum Gasteiger partial charge on any atom is 0.0914 e. The molecule has 0 unspecified atom stereocenters. The van der Waals surface area contributed by atoms with E-state index in [2.05, 4.69) is 11.9 Å². The lowest BCUT2D eigenvalue weighted by molar-refractivity contribution is -0.922. The van der Waals surface area contributed by atoms with Gasteiger partial charge in [0.15, 0.2) is 0 Å². The molecule has 3 saturated heterocycles. The number of nitrogens with zero attached hydrogens (tertiary/aromatic N) is 2. The third-order valence-electron chi connectivity index (χ3n) is 2.87. The summed E-state index contributed by atoms with van der Waals surface area (Å²) in [6, 6.07) is 0. The van der Waals surface area contributed by atoms with Gasteiger partial charge >= 0.3 is 0 Å². The Kier molecular flexibility index (Phi) is 1.97. The van der Waals surface area contributed by atoms with Gasteiger partial charge in [-0.3, -0.25) is 4.90 Å². The molecule has 0 spiro atoms. The predicted octanol–water partition coefficient (Wildman–Crippen LogP) is -3.23. The van der Waals surface area contributed by atoms with Gasteiger partial charge in [-0.25, -0.2) is 0 Å². The molecule has 3 rings (SSSR count). The highest BCUT2D eigenvalue weighted by Crippen LogP contribution is 2.15. The molecule has 2 nitrogen and oxygen atoms in total. The van der Waals surface area contributed by atoms with E-state index in [9.17, 15) is 0 Å². The summed E-state index contributed by atoms with van der Waals surface area (Å²) < 4.78 is 1.34. The highest BCUT2D eigenvalue weighted by Gasteiger charge is 2.34. The van der Waals surface area contributed by atoms with Gasteiger partial charge in [0.2, 0.25) is 0 Å². The van der Waals surface area contributed by atoms with Gasteiger partial charge in [-0.2, -0.15) is 0 Å². The maximum absolute atomic E-state index is 2.57. The van der Waals surface area contributed by atoms with Crippen LogP contribution in [0.1, 0.15) is 0 Å². The third-order valence-corrected chi connectivity index (χ3v) is 2.87. The van der Waals surface area contributed by atoms with Gasteiger partial charge in [-0.1, -0.05) is 0 Å². The van der Waals surface area contributed by atoms with Gasteiger partial charge in [0.05, 0.1) is 26.7 Å². The number of quaternary nitrogens is 1. The second-order valence-corrected chi connectivity index (χ2v) is 3.63. The fourth-order valence-electron chi connectivity index (χ4n) is 1.82. The first-order chi connectivity index (χ1) is 4.29. The summed E-state index contributed by atoms with van der Waals surface area (Å²) in [5.41, 5.74) is 0. The average molecular weight is 146 g/mol. The van der Waals surface area contributed by atoms with E-state index in [1.165, 1.54) is 43.8 Å². The lowest BCUT2D eigenvalue weighted by Gasteiger charge is -2.48. The minimum Gasteiger partial charge on any atom is -1.00 e. The first-order valence-corrected chi connectivity index (χ1v) is 3.84. The zero-order valence-electron chi connectivity index (χ0n) is 6.52. The summed E-state index contributed by atoms with van der Waals surface area (Å²) in [5.74, 6) is 0. The molecule has 3 aliphatic heterocycles. The van der Waals surface area contributed by atoms with E-state index in [0.29, 0.717) is 0 Å². The fraction of sp³-hybridized carbons (Fsp3) is 1.00. The van der Waals surface area contributed by atoms with Crippen LogP contribution < -0.4 is 4.70 Å². The van der Waals surface area contributed by atoms with Crippen molar-refractivity contribution in [2.75, 3.05) is 46.3 Å². The van der Waals surface area contributed by atoms with E-state index in [1.54, 1.807) is 0 Å². The topological polar surface area (TPSA) is 3.24 Å². The number of hydrogen-bond acceptors (Lipinski definition) is 1. The van der Waals surface area contributed by atoms with Crippen molar-refractivity contribution in [1.29, 1.82) is 0 Å². The summed E-state index contributed by atoms with van der Waals surface area (Å²) in [4.78, 5) is 2.57. The Labute approximate surface area is 61.4 Å². The van der Waals surface area contributed by atoms with E-state index in [1.807, 2.05) is 0 Å². The Morgan fingerprint density at radius 3 is 1.60 bits per heavy atom. The summed E-state index contributed by atoms with van der Waals surface area (Å²) in [7, 11) is 2.39. The van der Waals surface area contributed by atoms with Crippen molar-refractivity contribution >= 4 is 0 Å². The van der Waals surface area contributed by atoms with Crippen molar-refractivity contribution in [2.24, 2.45) is 0 Å². The second kappa shape index (κ2) is 2.47. The molecule has 3 heteroatoms. The fourth-order valence-corrected chi connectivity index (χ4v) is 1.82. The molecule has 0 aliphatic carbocycles. The van der Waals surface area contributed by atoms with Gasteiger partial charge in [0.1, 0.15) is 0 Å². The molecule has 10 heavy (non-hydrogen) atoms. The summed E-state index contributed by atoms with van der Waals surface area (Å²) in [6.45, 7) is 8.20. The van der Waals surface area contributed by atoms with Crippen molar-refractivity contribution < 1.29 is 9.19 Å². The Balaban J connectivity index is 0.000000500. The van der Waals surface area contributed by atoms with Crippen LogP contribution in [0, 0.1) is 0 Å². The minimum absolute atomic E-state index is 0. The lowest BCUT2D eigenvalue weighted by atomic mass is 10.2. The lowest BCUT2D eigenvalue weighted by Crippen LogP contribution is -3.00. The normalized spacial score (nSPS) is 44.7. The number of fused-ring (bicyclic) bond motifs is 3. The number of likely N-dealkylation sites (N-methyl/N-ethyl adjacent to an activating group) is 1. The van der Waals surface area contributed by atoms with Crippen LogP contribution >= 0.6 is 0 Å². The molecule has 0 atom stereocenters. The molecular formula is C7H15FN2. The van der Waals surface area contributed by atoms with Crippen molar-refractivity contribution in [3.63, 3.8) is 0 Å². The average Bonchev–Trinajstić information content (AvgIpc) is 1.90. The maximum atomic E-state index is 2.57. The number of rotatable bonds is 0. The number of piperazine rings is 3. The zero-order chi connectivity index (χ0) is 6.32. The summed E-state index contributed by atoms with van der Waals surface area (Å²) >= 11 is 0. The van der Waals surface area contributed by atoms with Crippen LogP contribution in [0.2, 0.25) is 0 Å². The monoisotopic (exact) mass is 146 g/mol. The van der Waals surface area contributed by atoms with Gasteiger partial charge < -0.3 is 9.19 Å². The van der Waals surface area contributed by atoms with Crippen molar-refractivity contribution in [1.82, 2.24) is 4.90 Å². The highest BCUT2D eigenvalue weighted by atomic mass is 19.0. The first kappa shape index (κ1) is 7.95. The molecule has 0 amide bonds. The van der Waals surface area contributed by atoms with Crippen molar-refractivity contribution in [2.45, 2.75) is 0 Å². The third kappa shape index (κ3) is 1.16. The first-order valence-electron chi connectivity index (χ1n) is 3.84. The van der Waals surface area contributed by atoms with Crippen LogP contribution in [-0.2, 0) is 0 Å². The molecule has 0 aromatic carbocycles. The van der Waals surface area contributed by atoms with Crippen LogP contribution in [0.3, 0.4) is 0 Å². The van der Waals surface area contributed by atoms with Crippen LogP contribution in [0.25, 0.3) is 0 Å². The van der Waals surface area contributed by atoms with Crippen LogP contribution in [0.15, 0.2) is 0 Å². The second-order valence-electron chi connectivity index (χ2n) is 3.63. The largest absolute Gasteiger partial charge is 1.00 e. The molecule has 0 saturated carbocycles. The van der Waals surface area contributed by atoms with E-state index in [-0.39, 0.29) is 4.70 Å². The van der Waals surface area contributed by atoms with Crippen LogP contribution in [0.5, 0.6) is 0 Å². The van der Waals surface area contributed by atoms with Gasteiger partial charge in [0.25, 0.3) is 0 Å².